The third kappa shape index (κ3) is 2.56. The first-order valence-corrected chi connectivity index (χ1v) is 9.03. The average Bonchev–Trinajstić information content (AvgIpc) is 3.12. The maximum Gasteiger partial charge on any atom is 0.261 e. The summed E-state index contributed by atoms with van der Waals surface area (Å²) in [4.78, 5) is 32.7. The Bertz CT molecular complexity index is 826. The second-order valence-electron chi connectivity index (χ2n) is 6.13. The van der Waals surface area contributed by atoms with Crippen LogP contribution in [0.3, 0.4) is 0 Å². The van der Waals surface area contributed by atoms with Crippen LogP contribution in [0.25, 0.3) is 0 Å². The first-order valence-electron chi connectivity index (χ1n) is 8.23. The molecule has 0 aromatic heterocycles. The van der Waals surface area contributed by atoms with Crippen LogP contribution in [0.5, 0.6) is 0 Å². The quantitative estimate of drug-likeness (QED) is 0.741. The number of anilines is 1. The van der Waals surface area contributed by atoms with Gasteiger partial charge in [0.05, 0.1) is 11.7 Å². The summed E-state index contributed by atoms with van der Waals surface area (Å²) in [5, 5.41) is 1.71. The largest absolute Gasteiger partial charge is 0.280 e. The number of hydroxylamine groups is 1. The van der Waals surface area contributed by atoms with E-state index in [0.29, 0.717) is 6.54 Å². The molecule has 2 aromatic carbocycles. The Morgan fingerprint density at radius 1 is 1.04 bits per heavy atom. The molecule has 2 heterocycles. The molecule has 0 radical (unpaired) electrons. The number of likely N-dealkylation sites (tertiary alicyclic amines) is 1. The van der Waals surface area contributed by atoms with Gasteiger partial charge in [0.2, 0.25) is 5.91 Å². The molecule has 3 atom stereocenters. The fraction of sp³-hybridized carbons (Fsp3) is 0.263. The lowest BCUT2D eigenvalue weighted by Gasteiger charge is -2.28. The molecule has 128 valence electrons. The summed E-state index contributed by atoms with van der Waals surface area (Å²) < 4.78 is 0.922. The van der Waals surface area contributed by atoms with E-state index in [9.17, 15) is 9.59 Å². The van der Waals surface area contributed by atoms with Gasteiger partial charge >= 0.3 is 0 Å². The van der Waals surface area contributed by atoms with E-state index >= 15 is 0 Å². The summed E-state index contributed by atoms with van der Waals surface area (Å²) in [6.45, 7) is 2.17. The number of hydrogen-bond donors (Lipinski definition) is 0. The second kappa shape index (κ2) is 6.28. The smallest absolute Gasteiger partial charge is 0.261 e. The molecule has 25 heavy (non-hydrogen) atoms. The molecule has 5 nitrogen and oxygen atoms in total. The van der Waals surface area contributed by atoms with Crippen molar-refractivity contribution in [3.05, 3.63) is 64.6 Å². The Hall–Kier alpha value is -2.18. The van der Waals surface area contributed by atoms with Gasteiger partial charge in [0.25, 0.3) is 5.91 Å². The van der Waals surface area contributed by atoms with Crippen molar-refractivity contribution in [2.45, 2.75) is 19.1 Å². The molecule has 0 aliphatic carbocycles. The highest BCUT2D eigenvalue weighted by molar-refractivity contribution is 9.10. The molecule has 2 fully saturated rings. The number of benzene rings is 2. The highest BCUT2D eigenvalue weighted by Crippen LogP contribution is 2.46. The van der Waals surface area contributed by atoms with Crippen molar-refractivity contribution in [1.29, 1.82) is 0 Å². The summed E-state index contributed by atoms with van der Waals surface area (Å²) in [6.07, 6.45) is -0.767. The van der Waals surface area contributed by atoms with Crippen molar-refractivity contribution in [3.63, 3.8) is 0 Å². The van der Waals surface area contributed by atoms with E-state index in [1.165, 1.54) is 4.90 Å². The standard InChI is InChI=1S/C19H17BrN2O3/c1-2-21-18(23)15-16(12-7-6-8-13(20)11-12)22(25-17(15)19(21)24)14-9-4-3-5-10-14/h3-11,15-17H,2H2,1H3/t15-,16+,17+/m1/s1. The predicted octanol–water partition coefficient (Wildman–Crippen LogP) is 3.32. The van der Waals surface area contributed by atoms with Crippen LogP contribution < -0.4 is 5.06 Å². The fourth-order valence-electron chi connectivity index (χ4n) is 3.61. The minimum atomic E-state index is -0.767. The molecule has 0 unspecified atom stereocenters. The van der Waals surface area contributed by atoms with Gasteiger partial charge in [-0.2, -0.15) is 0 Å². The number of carbonyl (C=O) groups is 2. The Labute approximate surface area is 154 Å². The number of fused-ring (bicyclic) bond motifs is 1. The first kappa shape index (κ1) is 16.3. The predicted molar refractivity (Wildman–Crippen MR) is 96.6 cm³/mol. The van der Waals surface area contributed by atoms with Crippen molar-refractivity contribution in [3.8, 4) is 0 Å². The van der Waals surface area contributed by atoms with Crippen LogP contribution in [0.15, 0.2) is 59.1 Å². The highest BCUT2D eigenvalue weighted by atomic mass is 79.9. The van der Waals surface area contributed by atoms with Crippen LogP contribution in [-0.2, 0) is 14.4 Å². The zero-order valence-electron chi connectivity index (χ0n) is 13.6. The molecule has 0 spiro atoms. The Morgan fingerprint density at radius 2 is 1.80 bits per heavy atom. The molecule has 2 saturated heterocycles. The number of likely N-dealkylation sites (N-methyl/N-ethyl adjacent to an activating group) is 1. The molecular weight excluding hydrogens is 384 g/mol. The number of nitrogens with zero attached hydrogens (tertiary/aromatic N) is 2. The van der Waals surface area contributed by atoms with Crippen LogP contribution in [0, 0.1) is 5.92 Å². The van der Waals surface area contributed by atoms with Gasteiger partial charge in [0.15, 0.2) is 6.10 Å². The van der Waals surface area contributed by atoms with Crippen LogP contribution in [0.1, 0.15) is 18.5 Å². The van der Waals surface area contributed by atoms with Crippen molar-refractivity contribution in [1.82, 2.24) is 4.90 Å². The number of rotatable bonds is 3. The van der Waals surface area contributed by atoms with Gasteiger partial charge in [-0.3, -0.25) is 19.3 Å². The molecule has 0 saturated carbocycles. The van der Waals surface area contributed by atoms with Gasteiger partial charge < -0.3 is 0 Å². The number of halogens is 1. The lowest BCUT2D eigenvalue weighted by molar-refractivity contribution is -0.142. The van der Waals surface area contributed by atoms with E-state index in [1.54, 1.807) is 12.0 Å². The number of imide groups is 1. The van der Waals surface area contributed by atoms with E-state index in [2.05, 4.69) is 15.9 Å². The van der Waals surface area contributed by atoms with Gasteiger partial charge in [0, 0.05) is 11.0 Å². The van der Waals surface area contributed by atoms with Crippen molar-refractivity contribution in [2.24, 2.45) is 5.92 Å². The minimum absolute atomic E-state index is 0.166. The van der Waals surface area contributed by atoms with Crippen molar-refractivity contribution >= 4 is 33.4 Å². The van der Waals surface area contributed by atoms with Crippen LogP contribution in [-0.4, -0.2) is 29.4 Å². The van der Waals surface area contributed by atoms with E-state index in [1.807, 2.05) is 54.6 Å². The third-order valence-corrected chi connectivity index (χ3v) is 5.22. The van der Waals surface area contributed by atoms with E-state index in [4.69, 9.17) is 4.84 Å². The highest BCUT2D eigenvalue weighted by Gasteiger charge is 2.59. The molecular formula is C19H17BrN2O3. The van der Waals surface area contributed by atoms with Crippen molar-refractivity contribution in [2.75, 3.05) is 11.6 Å². The third-order valence-electron chi connectivity index (χ3n) is 4.72. The van der Waals surface area contributed by atoms with E-state index < -0.39 is 12.0 Å². The summed E-state index contributed by atoms with van der Waals surface area (Å²) in [7, 11) is 0. The summed E-state index contributed by atoms with van der Waals surface area (Å²) >= 11 is 3.49. The molecule has 4 rings (SSSR count). The Kier molecular flexibility index (Phi) is 4.09. The van der Waals surface area contributed by atoms with Crippen molar-refractivity contribution < 1.29 is 14.4 Å². The summed E-state index contributed by atoms with van der Waals surface area (Å²) in [5.74, 6) is -0.959. The van der Waals surface area contributed by atoms with Gasteiger partial charge in [-0.15, -0.1) is 0 Å². The number of carbonyl (C=O) groups excluding carboxylic acids is 2. The number of amides is 2. The molecule has 0 N–H and O–H groups in total. The van der Waals surface area contributed by atoms with Crippen LogP contribution >= 0.6 is 15.9 Å². The maximum atomic E-state index is 12.9. The minimum Gasteiger partial charge on any atom is -0.280 e. The number of para-hydroxylation sites is 1. The van der Waals surface area contributed by atoms with E-state index in [0.717, 1.165) is 15.7 Å². The average molecular weight is 401 g/mol. The monoisotopic (exact) mass is 400 g/mol. The normalized spacial score (nSPS) is 25.6. The zero-order valence-corrected chi connectivity index (χ0v) is 15.2. The number of hydrogen-bond acceptors (Lipinski definition) is 4. The summed E-state index contributed by atoms with van der Waals surface area (Å²) in [5.41, 5.74) is 1.76. The molecule has 2 aliphatic heterocycles. The van der Waals surface area contributed by atoms with E-state index in [-0.39, 0.29) is 17.9 Å². The van der Waals surface area contributed by atoms with Gasteiger partial charge in [-0.1, -0.05) is 46.3 Å². The lowest BCUT2D eigenvalue weighted by atomic mass is 9.90. The molecule has 0 bridgehead atoms. The topological polar surface area (TPSA) is 49.9 Å². The Balaban J connectivity index is 1.82. The lowest BCUT2D eigenvalue weighted by Crippen LogP contribution is -2.37. The maximum absolute atomic E-state index is 12.9. The summed E-state index contributed by atoms with van der Waals surface area (Å²) in [6, 6.07) is 17.0. The van der Waals surface area contributed by atoms with Crippen LogP contribution in [0.4, 0.5) is 5.69 Å². The first-order chi connectivity index (χ1) is 12.1. The molecule has 2 aromatic rings. The Morgan fingerprint density at radius 3 is 2.48 bits per heavy atom. The molecule has 2 aliphatic rings. The van der Waals surface area contributed by atoms with Gasteiger partial charge in [-0.05, 0) is 36.8 Å². The van der Waals surface area contributed by atoms with Gasteiger partial charge in [0.1, 0.15) is 5.92 Å². The van der Waals surface area contributed by atoms with Gasteiger partial charge in [-0.25, -0.2) is 5.06 Å². The fourth-order valence-corrected chi connectivity index (χ4v) is 4.03. The molecule has 6 heteroatoms. The van der Waals surface area contributed by atoms with Crippen LogP contribution in [0.2, 0.25) is 0 Å². The zero-order chi connectivity index (χ0) is 17.6. The SMILES string of the molecule is CCN1C(=O)[C@H]2[C@H](ON(c3ccccc3)[C@H]2c2cccc(Br)c2)C1=O. The molecule has 2 amide bonds. The second-order valence-corrected chi connectivity index (χ2v) is 7.05.